The van der Waals surface area contributed by atoms with E-state index in [9.17, 15) is 14.0 Å². The summed E-state index contributed by atoms with van der Waals surface area (Å²) in [6.45, 7) is 0.567. The summed E-state index contributed by atoms with van der Waals surface area (Å²) in [7, 11) is 1.37. The van der Waals surface area contributed by atoms with Gasteiger partial charge in [0.05, 0.1) is 29.1 Å². The fourth-order valence-corrected chi connectivity index (χ4v) is 5.07. The zero-order valence-electron chi connectivity index (χ0n) is 18.2. The van der Waals surface area contributed by atoms with Crippen LogP contribution in [-0.2, 0) is 22.6 Å². The summed E-state index contributed by atoms with van der Waals surface area (Å²) in [5.41, 5.74) is 2.88. The maximum atomic E-state index is 13.4. The molecule has 3 aromatic carbocycles. The summed E-state index contributed by atoms with van der Waals surface area (Å²) in [6.07, 6.45) is 1.65. The van der Waals surface area contributed by atoms with Gasteiger partial charge in [0.25, 0.3) is 5.91 Å². The number of methoxy groups -OCH3 is 1. The third kappa shape index (κ3) is 4.99. The lowest BCUT2D eigenvalue weighted by Crippen LogP contribution is -2.38. The molecule has 0 atom stereocenters. The zero-order chi connectivity index (χ0) is 23.5. The minimum absolute atomic E-state index is 0.172. The van der Waals surface area contributed by atoms with Gasteiger partial charge in [0.1, 0.15) is 6.67 Å². The number of fused-ring (bicyclic) bond motifs is 1. The van der Waals surface area contributed by atoms with Gasteiger partial charge >= 0.3 is 5.97 Å². The van der Waals surface area contributed by atoms with Crippen LogP contribution in [0.5, 0.6) is 0 Å². The molecule has 7 heteroatoms. The van der Waals surface area contributed by atoms with E-state index in [4.69, 9.17) is 27.9 Å². The van der Waals surface area contributed by atoms with Gasteiger partial charge in [-0.1, -0.05) is 53.5 Å². The largest absolute Gasteiger partial charge is 0.469 e. The van der Waals surface area contributed by atoms with Crippen LogP contribution in [0.25, 0.3) is 10.8 Å². The van der Waals surface area contributed by atoms with Gasteiger partial charge in [-0.25, -0.2) is 4.39 Å². The van der Waals surface area contributed by atoms with Crippen molar-refractivity contribution in [3.05, 3.63) is 80.8 Å². The zero-order valence-corrected chi connectivity index (χ0v) is 19.8. The lowest BCUT2D eigenvalue weighted by Gasteiger charge is -2.33. The summed E-state index contributed by atoms with van der Waals surface area (Å²) in [4.78, 5) is 26.7. The SMILES string of the molecule is COC(=O)Cc1cc(C2CCN(C(=O)c3c(Cl)cccc3Cl)CC2)c2cc(CF)ccc2c1. The Morgan fingerprint density at radius 1 is 1.03 bits per heavy atom. The highest BCUT2D eigenvalue weighted by Crippen LogP contribution is 2.36. The molecule has 4 rings (SSSR count). The van der Waals surface area contributed by atoms with Gasteiger partial charge in [0, 0.05) is 13.1 Å². The average Bonchev–Trinajstić information content (AvgIpc) is 2.83. The molecule has 33 heavy (non-hydrogen) atoms. The second-order valence-corrected chi connectivity index (χ2v) is 9.10. The molecule has 0 saturated carbocycles. The number of ether oxygens (including phenoxy) is 1. The molecule has 4 nitrogen and oxygen atoms in total. The number of nitrogens with zero attached hydrogens (tertiary/aromatic N) is 1. The molecule has 1 aliphatic rings. The molecular formula is C26H24Cl2FNO3. The standard InChI is InChI=1S/C26H24Cl2FNO3/c1-33-24(31)14-17-11-19-6-5-16(15-29)12-21(19)20(13-17)18-7-9-30(10-8-18)26(32)25-22(27)3-2-4-23(25)28/h2-6,11-13,18H,7-10,14-15H2,1H3. The van der Waals surface area contributed by atoms with E-state index in [0.29, 0.717) is 34.3 Å². The summed E-state index contributed by atoms with van der Waals surface area (Å²) in [5, 5.41) is 2.63. The first-order valence-corrected chi connectivity index (χ1v) is 11.6. The normalized spacial score (nSPS) is 14.5. The molecule has 0 unspecified atom stereocenters. The average molecular weight is 488 g/mol. The van der Waals surface area contributed by atoms with Gasteiger partial charge in [0.2, 0.25) is 0 Å². The molecule has 0 spiro atoms. The van der Waals surface area contributed by atoms with E-state index in [0.717, 1.165) is 34.7 Å². The molecule has 172 valence electrons. The lowest BCUT2D eigenvalue weighted by molar-refractivity contribution is -0.139. The number of halogens is 3. The Kier molecular flexibility index (Phi) is 7.20. The van der Waals surface area contributed by atoms with Gasteiger partial charge in [-0.3, -0.25) is 9.59 Å². The van der Waals surface area contributed by atoms with Crippen molar-refractivity contribution in [3.8, 4) is 0 Å². The quantitative estimate of drug-likeness (QED) is 0.393. The molecule has 1 saturated heterocycles. The van der Waals surface area contributed by atoms with Crippen LogP contribution in [0, 0.1) is 0 Å². The smallest absolute Gasteiger partial charge is 0.309 e. The minimum Gasteiger partial charge on any atom is -0.469 e. The van der Waals surface area contributed by atoms with Crippen LogP contribution in [0.2, 0.25) is 10.0 Å². The molecule has 3 aromatic rings. The number of carbonyl (C=O) groups is 2. The molecular weight excluding hydrogens is 464 g/mol. The van der Waals surface area contributed by atoms with Crippen molar-refractivity contribution in [2.75, 3.05) is 20.2 Å². The van der Waals surface area contributed by atoms with Gasteiger partial charge in [0.15, 0.2) is 0 Å². The van der Waals surface area contributed by atoms with E-state index in [1.54, 1.807) is 29.2 Å². The highest BCUT2D eigenvalue weighted by molar-refractivity contribution is 6.39. The van der Waals surface area contributed by atoms with E-state index in [1.165, 1.54) is 7.11 Å². The van der Waals surface area contributed by atoms with Crippen LogP contribution in [0.1, 0.15) is 45.8 Å². The Bertz CT molecular complexity index is 1190. The van der Waals surface area contributed by atoms with Crippen LogP contribution in [0.4, 0.5) is 4.39 Å². The Hall–Kier alpha value is -2.63. The predicted octanol–water partition coefficient (Wildman–Crippen LogP) is 6.35. The molecule has 0 N–H and O–H groups in total. The fourth-order valence-electron chi connectivity index (χ4n) is 4.51. The summed E-state index contributed by atoms with van der Waals surface area (Å²) in [6, 6.07) is 14.6. The van der Waals surface area contributed by atoms with Gasteiger partial charge < -0.3 is 9.64 Å². The molecule has 0 aliphatic carbocycles. The van der Waals surface area contributed by atoms with E-state index in [2.05, 4.69) is 0 Å². The second kappa shape index (κ2) is 10.1. The first-order valence-electron chi connectivity index (χ1n) is 10.8. The van der Waals surface area contributed by atoms with Crippen LogP contribution < -0.4 is 0 Å². The van der Waals surface area contributed by atoms with Crippen molar-refractivity contribution in [1.82, 2.24) is 4.90 Å². The summed E-state index contributed by atoms with van der Waals surface area (Å²) in [5.74, 6) is -0.309. The molecule has 0 aromatic heterocycles. The summed E-state index contributed by atoms with van der Waals surface area (Å²) < 4.78 is 18.2. The van der Waals surface area contributed by atoms with Gasteiger partial charge in [-0.15, -0.1) is 0 Å². The molecule has 0 radical (unpaired) electrons. The molecule has 0 bridgehead atoms. The number of hydrogen-bond donors (Lipinski definition) is 0. The van der Waals surface area contributed by atoms with E-state index in [1.807, 2.05) is 24.3 Å². The third-order valence-electron chi connectivity index (χ3n) is 6.24. The number of benzene rings is 3. The van der Waals surface area contributed by atoms with Crippen molar-refractivity contribution < 1.29 is 18.7 Å². The number of rotatable bonds is 5. The van der Waals surface area contributed by atoms with Crippen molar-refractivity contribution >= 4 is 45.9 Å². The van der Waals surface area contributed by atoms with Crippen molar-refractivity contribution in [2.45, 2.75) is 31.9 Å². The number of piperidine rings is 1. The highest BCUT2D eigenvalue weighted by Gasteiger charge is 2.28. The Morgan fingerprint density at radius 2 is 1.73 bits per heavy atom. The molecule has 1 amide bonds. The fraction of sp³-hybridized carbons (Fsp3) is 0.308. The van der Waals surface area contributed by atoms with Crippen LogP contribution >= 0.6 is 23.2 Å². The number of alkyl halides is 1. The maximum Gasteiger partial charge on any atom is 0.309 e. The summed E-state index contributed by atoms with van der Waals surface area (Å²) >= 11 is 12.5. The Balaban J connectivity index is 1.61. The first-order chi connectivity index (χ1) is 15.9. The number of amides is 1. The predicted molar refractivity (Wildman–Crippen MR) is 129 cm³/mol. The van der Waals surface area contributed by atoms with Gasteiger partial charge in [-0.2, -0.15) is 0 Å². The lowest BCUT2D eigenvalue weighted by atomic mass is 9.84. The molecule has 1 aliphatic heterocycles. The van der Waals surface area contributed by atoms with Crippen molar-refractivity contribution in [2.24, 2.45) is 0 Å². The third-order valence-corrected chi connectivity index (χ3v) is 6.87. The topological polar surface area (TPSA) is 46.6 Å². The van der Waals surface area contributed by atoms with Crippen LogP contribution in [0.3, 0.4) is 0 Å². The molecule has 1 fully saturated rings. The number of hydrogen-bond acceptors (Lipinski definition) is 3. The highest BCUT2D eigenvalue weighted by atomic mass is 35.5. The molecule has 1 heterocycles. The van der Waals surface area contributed by atoms with Crippen molar-refractivity contribution in [3.63, 3.8) is 0 Å². The maximum absolute atomic E-state index is 13.4. The van der Waals surface area contributed by atoms with E-state index >= 15 is 0 Å². The number of esters is 1. The minimum atomic E-state index is -0.537. The first kappa shape index (κ1) is 23.5. The van der Waals surface area contributed by atoms with Gasteiger partial charge in [-0.05, 0) is 64.4 Å². The number of likely N-dealkylation sites (tertiary alicyclic amines) is 1. The second-order valence-electron chi connectivity index (χ2n) is 8.29. The Morgan fingerprint density at radius 3 is 2.36 bits per heavy atom. The van der Waals surface area contributed by atoms with E-state index < -0.39 is 6.67 Å². The Labute approximate surface area is 202 Å². The number of carbonyl (C=O) groups excluding carboxylic acids is 2. The van der Waals surface area contributed by atoms with Crippen LogP contribution in [-0.4, -0.2) is 37.0 Å². The van der Waals surface area contributed by atoms with Crippen LogP contribution in [0.15, 0.2) is 48.5 Å². The monoisotopic (exact) mass is 487 g/mol. The van der Waals surface area contributed by atoms with E-state index in [-0.39, 0.29) is 24.2 Å². The van der Waals surface area contributed by atoms with Crippen molar-refractivity contribution in [1.29, 1.82) is 0 Å².